The predicted molar refractivity (Wildman–Crippen MR) is 270 cm³/mol. The summed E-state index contributed by atoms with van der Waals surface area (Å²) in [7, 11) is -7.70. The van der Waals surface area contributed by atoms with Crippen LogP contribution in [0.15, 0.2) is 60.9 Å². The Kier molecular flexibility index (Phi) is 16.5. The first kappa shape index (κ1) is 51.2. The Bertz CT molecular complexity index is 2670. The molecule has 4 amide bonds. The monoisotopic (exact) mass is 1030 g/mol. The second-order valence-electron chi connectivity index (χ2n) is 18.8. The molecular weight excluding hydrogens is 972 g/mol. The number of carbonyl (C=O) groups excluding carboxylic acids is 2. The standard InChI is InChI=1S/C25H37ClN6O4SSi.C19H23ClN6O3S/c1-37(34,35)30-20-11-9-19(10-12-20)28-24-27-15-18-16-31(22-8-6-5-7-21(22)26)25(33)32(23(18)29-24)17-36-13-14-38(2,3)4;1-30(28,29)25-14-8-6-13(7-9-14)22-18-21-10-12-11-26(19(27)24-17(12)23-18)16-5-3-2-4-15(16)20/h5-8,15,19-20,30H,9-14,16-17H2,1-4H3,(H,27,28,29);2-5,10,13-14,25H,6-9,11H2,1H3,(H2,21,22,23,24,27). The van der Waals surface area contributed by atoms with Crippen LogP contribution in [0.2, 0.25) is 35.7 Å². The fraction of sp³-hybridized carbons (Fsp3) is 0.500. The maximum atomic E-state index is 13.7. The lowest BCUT2D eigenvalue weighted by Crippen LogP contribution is -2.49. The van der Waals surface area contributed by atoms with Gasteiger partial charge in [-0.1, -0.05) is 67.1 Å². The number of sulfonamides is 2. The molecule has 5 N–H and O–H groups in total. The average molecular weight is 1030 g/mol. The zero-order valence-electron chi connectivity index (χ0n) is 38.8. The number of urea groups is 2. The van der Waals surface area contributed by atoms with E-state index >= 15 is 0 Å². The van der Waals surface area contributed by atoms with Crippen LogP contribution >= 0.6 is 23.2 Å². The van der Waals surface area contributed by atoms with Crippen LogP contribution in [-0.2, 0) is 37.9 Å². The summed E-state index contributed by atoms with van der Waals surface area (Å²) in [4.78, 5) is 49.1. The Hall–Kier alpha value is -4.68. The van der Waals surface area contributed by atoms with E-state index in [1.165, 1.54) is 12.5 Å². The van der Waals surface area contributed by atoms with Gasteiger partial charge in [0.25, 0.3) is 0 Å². The van der Waals surface area contributed by atoms with Gasteiger partial charge in [0.15, 0.2) is 0 Å². The van der Waals surface area contributed by atoms with Gasteiger partial charge in [-0.2, -0.15) is 9.97 Å². The molecule has 24 heteroatoms. The molecule has 2 aromatic carbocycles. The number of nitrogens with one attached hydrogen (secondary N) is 5. The van der Waals surface area contributed by atoms with E-state index in [1.807, 2.05) is 30.3 Å². The first-order valence-corrected chi connectivity index (χ1v) is 30.9. The molecule has 2 saturated carbocycles. The molecule has 4 aliphatic rings. The number of para-hydroxylation sites is 2. The van der Waals surface area contributed by atoms with Gasteiger partial charge in [0.05, 0.1) is 47.0 Å². The largest absolute Gasteiger partial charge is 0.361 e. The van der Waals surface area contributed by atoms with Crippen LogP contribution in [0.4, 0.5) is 44.5 Å². The zero-order chi connectivity index (χ0) is 48.8. The second kappa shape index (κ2) is 21.9. The van der Waals surface area contributed by atoms with Crippen molar-refractivity contribution in [2.75, 3.05) is 56.5 Å². The molecule has 0 spiro atoms. The molecule has 0 bridgehead atoms. The highest BCUT2D eigenvalue weighted by Gasteiger charge is 2.35. The molecule has 4 heterocycles. The van der Waals surface area contributed by atoms with Gasteiger partial charge >= 0.3 is 12.1 Å². The summed E-state index contributed by atoms with van der Waals surface area (Å²) in [6, 6.07) is 15.1. The molecule has 2 aliphatic carbocycles. The van der Waals surface area contributed by atoms with Crippen molar-refractivity contribution in [1.82, 2.24) is 29.4 Å². The van der Waals surface area contributed by atoms with Gasteiger partial charge in [0.1, 0.15) is 18.4 Å². The van der Waals surface area contributed by atoms with Crippen molar-refractivity contribution in [2.24, 2.45) is 0 Å². The number of nitrogens with zero attached hydrogens (tertiary/aromatic N) is 7. The normalized spacial score (nSPS) is 21.0. The number of benzene rings is 2. The van der Waals surface area contributed by atoms with E-state index in [-0.39, 0.29) is 43.0 Å². The molecule has 0 unspecified atom stereocenters. The van der Waals surface area contributed by atoms with Crippen molar-refractivity contribution in [2.45, 2.75) is 114 Å². The summed E-state index contributed by atoms with van der Waals surface area (Å²) >= 11 is 12.7. The van der Waals surface area contributed by atoms with E-state index in [0.29, 0.717) is 64.6 Å². The maximum absolute atomic E-state index is 13.7. The number of hydrogen-bond donors (Lipinski definition) is 5. The summed E-state index contributed by atoms with van der Waals surface area (Å²) < 4.78 is 57.2. The van der Waals surface area contributed by atoms with Crippen LogP contribution in [0.3, 0.4) is 0 Å². The lowest BCUT2D eigenvalue weighted by atomic mass is 9.92. The Morgan fingerprint density at radius 2 is 1.16 bits per heavy atom. The molecule has 0 radical (unpaired) electrons. The molecule has 2 aromatic heterocycles. The van der Waals surface area contributed by atoms with E-state index in [2.05, 4.69) is 60.0 Å². The number of aromatic nitrogens is 4. The quantitative estimate of drug-likeness (QED) is 0.0571. The van der Waals surface area contributed by atoms with Crippen LogP contribution in [0.1, 0.15) is 62.5 Å². The van der Waals surface area contributed by atoms with Crippen LogP contribution in [0, 0.1) is 0 Å². The van der Waals surface area contributed by atoms with Crippen molar-refractivity contribution < 1.29 is 31.2 Å². The molecule has 4 aromatic rings. The molecule has 368 valence electrons. The van der Waals surface area contributed by atoms with Crippen molar-refractivity contribution in [3.05, 3.63) is 82.1 Å². The van der Waals surface area contributed by atoms with Crippen LogP contribution in [-0.4, -0.2) is 107 Å². The number of carbonyl (C=O) groups is 2. The van der Waals surface area contributed by atoms with Gasteiger partial charge in [0, 0.05) is 62.4 Å². The number of hydrogen-bond acceptors (Lipinski definition) is 13. The summed E-state index contributed by atoms with van der Waals surface area (Å²) in [6.45, 7) is 8.13. The zero-order valence-corrected chi connectivity index (χ0v) is 43.0. The highest BCUT2D eigenvalue weighted by Crippen LogP contribution is 2.36. The van der Waals surface area contributed by atoms with E-state index in [0.717, 1.165) is 68.5 Å². The van der Waals surface area contributed by atoms with Gasteiger partial charge in [-0.3, -0.25) is 20.0 Å². The highest BCUT2D eigenvalue weighted by molar-refractivity contribution is 7.89. The predicted octanol–water partition coefficient (Wildman–Crippen LogP) is 7.62. The molecule has 19 nitrogen and oxygen atoms in total. The van der Waals surface area contributed by atoms with Crippen LogP contribution in [0.25, 0.3) is 0 Å². The molecule has 2 fully saturated rings. The lowest BCUT2D eigenvalue weighted by molar-refractivity contribution is 0.147. The third-order valence-electron chi connectivity index (χ3n) is 11.9. The summed E-state index contributed by atoms with van der Waals surface area (Å²) in [5.41, 5.74) is 2.84. The van der Waals surface area contributed by atoms with Gasteiger partial charge in [-0.25, -0.2) is 45.8 Å². The number of anilines is 6. The Balaban J connectivity index is 0.000000207. The van der Waals surface area contributed by atoms with Gasteiger partial charge < -0.3 is 15.4 Å². The fourth-order valence-electron chi connectivity index (χ4n) is 8.45. The van der Waals surface area contributed by atoms with E-state index < -0.39 is 28.1 Å². The topological polar surface area (TPSA) is 233 Å². The van der Waals surface area contributed by atoms with Crippen molar-refractivity contribution in [3.63, 3.8) is 0 Å². The number of amides is 4. The summed E-state index contributed by atoms with van der Waals surface area (Å²) in [5, 5.41) is 10.5. The number of fused-ring (bicyclic) bond motifs is 2. The average Bonchev–Trinajstić information content (AvgIpc) is 3.26. The fourth-order valence-corrected chi connectivity index (χ4v) is 11.4. The number of ether oxygens (including phenoxy) is 1. The van der Waals surface area contributed by atoms with Crippen molar-refractivity contribution in [3.8, 4) is 0 Å². The minimum absolute atomic E-state index is 0.0300. The van der Waals surface area contributed by atoms with E-state index in [9.17, 15) is 26.4 Å². The summed E-state index contributed by atoms with van der Waals surface area (Å²) in [5.74, 6) is 1.89. The molecule has 2 aliphatic heterocycles. The minimum Gasteiger partial charge on any atom is -0.361 e. The number of rotatable bonds is 15. The SMILES string of the molecule is CS(=O)(=O)NC1CCC(Nc2ncc3c(n2)NC(=O)N(c2ccccc2Cl)C3)CC1.C[Si](C)(C)CCOCN1C(=O)N(c2ccccc2Cl)Cc2cnc(NC3CCC(NS(C)(=O)=O)CC3)nc21. The smallest absolute Gasteiger partial charge is 0.332 e. The van der Waals surface area contributed by atoms with Gasteiger partial charge in [0.2, 0.25) is 31.9 Å². The third-order valence-corrected chi connectivity index (χ3v) is 15.8. The number of halogens is 2. The van der Waals surface area contributed by atoms with Crippen LogP contribution in [0.5, 0.6) is 0 Å². The maximum Gasteiger partial charge on any atom is 0.332 e. The lowest BCUT2D eigenvalue weighted by Gasteiger charge is -2.36. The first-order valence-electron chi connectivity index (χ1n) is 22.6. The van der Waals surface area contributed by atoms with Crippen molar-refractivity contribution >= 4 is 98.3 Å². The molecule has 0 atom stereocenters. The molecule has 8 rings (SSSR count). The second-order valence-corrected chi connectivity index (χ2v) is 28.8. The Morgan fingerprint density at radius 3 is 1.68 bits per heavy atom. The Morgan fingerprint density at radius 1 is 0.691 bits per heavy atom. The molecule has 0 saturated heterocycles. The van der Waals surface area contributed by atoms with E-state index in [4.69, 9.17) is 32.9 Å². The minimum atomic E-state index is -3.22. The third kappa shape index (κ3) is 14.2. The highest BCUT2D eigenvalue weighted by atomic mass is 35.5. The summed E-state index contributed by atoms with van der Waals surface area (Å²) in [6.07, 6.45) is 12.0. The van der Waals surface area contributed by atoms with Crippen molar-refractivity contribution in [1.29, 1.82) is 0 Å². The first-order chi connectivity index (χ1) is 32.2. The van der Waals surface area contributed by atoms with Crippen LogP contribution < -0.4 is 40.1 Å². The molecular formula is C44H60Cl2N12O7S2Si. The Labute approximate surface area is 409 Å². The van der Waals surface area contributed by atoms with Gasteiger partial charge in [-0.05, 0) is 81.7 Å². The van der Waals surface area contributed by atoms with Gasteiger partial charge in [-0.15, -0.1) is 0 Å². The molecule has 68 heavy (non-hydrogen) atoms. The van der Waals surface area contributed by atoms with E-state index in [1.54, 1.807) is 45.3 Å².